The lowest BCUT2D eigenvalue weighted by molar-refractivity contribution is 0.195. The molecule has 8 nitrogen and oxygen atoms in total. The fourth-order valence-electron chi connectivity index (χ4n) is 3.71. The van der Waals surface area contributed by atoms with Crippen LogP contribution in [0.4, 0.5) is 5.95 Å². The van der Waals surface area contributed by atoms with Crippen molar-refractivity contribution >= 4 is 40.5 Å². The molecule has 3 N–H and O–H groups in total. The molecule has 0 bridgehead atoms. The van der Waals surface area contributed by atoms with E-state index in [4.69, 9.17) is 22.1 Å². The molecule has 0 aliphatic carbocycles. The smallest absolute Gasteiger partial charge is 0.260 e. The molecule has 166 valence electrons. The highest BCUT2D eigenvalue weighted by Crippen LogP contribution is 2.30. The number of pyridine rings is 1. The van der Waals surface area contributed by atoms with Gasteiger partial charge in [-0.2, -0.15) is 4.98 Å². The Bertz CT molecular complexity index is 1260. The maximum absolute atomic E-state index is 13.3. The van der Waals surface area contributed by atoms with E-state index in [1.54, 1.807) is 48.3 Å². The van der Waals surface area contributed by atoms with Crippen molar-refractivity contribution in [3.63, 3.8) is 0 Å². The summed E-state index contributed by atoms with van der Waals surface area (Å²) in [6, 6.07) is 7.36. The summed E-state index contributed by atoms with van der Waals surface area (Å²) < 4.78 is 7.03. The van der Waals surface area contributed by atoms with Crippen molar-refractivity contribution < 1.29 is 4.74 Å². The third-order valence-electron chi connectivity index (χ3n) is 5.40. The number of nitrogens with two attached hydrogens (primary N) is 1. The van der Waals surface area contributed by atoms with Gasteiger partial charge < -0.3 is 15.8 Å². The highest BCUT2D eigenvalue weighted by molar-refractivity contribution is 6.33. The molecule has 0 unspecified atom stereocenters. The van der Waals surface area contributed by atoms with Gasteiger partial charge in [0.25, 0.3) is 5.56 Å². The van der Waals surface area contributed by atoms with E-state index < -0.39 is 0 Å². The number of hydrogen-bond donors (Lipinski definition) is 2. The normalized spacial score (nSPS) is 16.8. The topological polar surface area (TPSA) is 107 Å². The van der Waals surface area contributed by atoms with Crippen molar-refractivity contribution in [2.24, 2.45) is 10.7 Å². The molecular weight excluding hydrogens is 428 g/mol. The Kier molecular flexibility index (Phi) is 6.53. The van der Waals surface area contributed by atoms with Gasteiger partial charge >= 0.3 is 0 Å². The molecule has 0 radical (unpaired) electrons. The summed E-state index contributed by atoms with van der Waals surface area (Å²) in [5.41, 5.74) is 8.91. The first-order valence-electron chi connectivity index (χ1n) is 10.4. The Hall–Kier alpha value is -3.23. The molecule has 4 rings (SSSR count). The second-order valence-corrected chi connectivity index (χ2v) is 7.92. The zero-order valence-corrected chi connectivity index (χ0v) is 18.8. The molecule has 1 aromatic carbocycles. The van der Waals surface area contributed by atoms with Crippen LogP contribution in [0.2, 0.25) is 5.02 Å². The molecule has 1 aliphatic heterocycles. The number of hydrogen-bond acceptors (Lipinski definition) is 7. The summed E-state index contributed by atoms with van der Waals surface area (Å²) in [5, 5.41) is 4.48. The van der Waals surface area contributed by atoms with Crippen LogP contribution in [0.5, 0.6) is 0 Å². The zero-order chi connectivity index (χ0) is 22.7. The Morgan fingerprint density at radius 2 is 2.25 bits per heavy atom. The van der Waals surface area contributed by atoms with Crippen LogP contribution >= 0.6 is 11.6 Å². The maximum atomic E-state index is 13.3. The summed E-state index contributed by atoms with van der Waals surface area (Å²) in [6.07, 6.45) is 5.94. The Morgan fingerprint density at radius 3 is 2.94 bits per heavy atom. The largest absolute Gasteiger partial charge is 0.398 e. The average Bonchev–Trinajstić information content (AvgIpc) is 3.30. The van der Waals surface area contributed by atoms with Crippen molar-refractivity contribution in [1.29, 1.82) is 0 Å². The molecule has 9 heteroatoms. The number of aliphatic imine (C=N–C) groups is 1. The molecule has 0 amide bonds. The van der Waals surface area contributed by atoms with Crippen LogP contribution in [-0.2, 0) is 11.3 Å². The molecule has 1 fully saturated rings. The van der Waals surface area contributed by atoms with Gasteiger partial charge in [-0.15, -0.1) is 0 Å². The van der Waals surface area contributed by atoms with E-state index in [0.29, 0.717) is 46.6 Å². The van der Waals surface area contributed by atoms with E-state index in [1.165, 1.54) is 0 Å². The maximum Gasteiger partial charge on any atom is 0.260 e. The molecule has 0 spiro atoms. The lowest BCUT2D eigenvalue weighted by Crippen LogP contribution is -2.24. The van der Waals surface area contributed by atoms with Gasteiger partial charge in [0, 0.05) is 59.8 Å². The van der Waals surface area contributed by atoms with Gasteiger partial charge in [0.05, 0.1) is 12.6 Å². The fraction of sp³-hybridized carbons (Fsp3) is 0.304. The lowest BCUT2D eigenvalue weighted by atomic mass is 10.0. The quantitative estimate of drug-likeness (QED) is 0.555. The Balaban J connectivity index is 1.76. The van der Waals surface area contributed by atoms with Crippen LogP contribution in [0.3, 0.4) is 0 Å². The third-order valence-corrected chi connectivity index (χ3v) is 5.71. The van der Waals surface area contributed by atoms with Gasteiger partial charge in [-0.25, -0.2) is 4.98 Å². The monoisotopic (exact) mass is 452 g/mol. The minimum Gasteiger partial charge on any atom is -0.398 e. The fourth-order valence-corrected chi connectivity index (χ4v) is 3.99. The molecule has 3 aromatic rings. The van der Waals surface area contributed by atoms with E-state index in [2.05, 4.69) is 20.3 Å². The van der Waals surface area contributed by atoms with Crippen molar-refractivity contribution in [2.75, 3.05) is 25.6 Å². The lowest BCUT2D eigenvalue weighted by Gasteiger charge is -2.14. The van der Waals surface area contributed by atoms with Crippen molar-refractivity contribution in [3.8, 4) is 11.1 Å². The summed E-state index contributed by atoms with van der Waals surface area (Å²) in [6.45, 7) is 3.73. The highest BCUT2D eigenvalue weighted by atomic mass is 35.5. The summed E-state index contributed by atoms with van der Waals surface area (Å²) in [5.74, 6) is 0.489. The third kappa shape index (κ3) is 4.37. The van der Waals surface area contributed by atoms with E-state index in [9.17, 15) is 4.79 Å². The number of anilines is 1. The average molecular weight is 453 g/mol. The van der Waals surface area contributed by atoms with Gasteiger partial charge in [0.1, 0.15) is 5.65 Å². The number of allylic oxidation sites excluding steroid dienone is 1. The molecule has 1 aliphatic rings. The highest BCUT2D eigenvalue weighted by Gasteiger charge is 2.18. The number of nitrogens with zero attached hydrogens (tertiary/aromatic N) is 4. The van der Waals surface area contributed by atoms with Gasteiger partial charge in [-0.1, -0.05) is 23.7 Å². The molecule has 1 atom stereocenters. The molecule has 2 aromatic heterocycles. The van der Waals surface area contributed by atoms with Gasteiger partial charge in [0.2, 0.25) is 5.95 Å². The number of halogens is 1. The van der Waals surface area contributed by atoms with Gasteiger partial charge in [-0.3, -0.25) is 14.4 Å². The second-order valence-electron chi connectivity index (χ2n) is 7.51. The van der Waals surface area contributed by atoms with Crippen molar-refractivity contribution in [3.05, 3.63) is 57.5 Å². The summed E-state index contributed by atoms with van der Waals surface area (Å²) in [7, 11) is 1.67. The second kappa shape index (κ2) is 9.50. The standard InChI is InChI=1S/C23H25ClN6O2/c1-3-30-21-15(12-27-23(29-21)28-16-7-9-32-13-16)10-18(22(30)31)17-5-4-14(11-19(17)24)20(25)6-8-26-2/h4-6,8,10-12,16H,3,7,9,13,25H2,1-2H3,(H,27,28,29)/b20-6-,26-8?/t16-/m1/s1. The summed E-state index contributed by atoms with van der Waals surface area (Å²) >= 11 is 6.56. The van der Waals surface area contributed by atoms with Crippen molar-refractivity contribution in [2.45, 2.75) is 25.9 Å². The van der Waals surface area contributed by atoms with E-state index in [1.807, 2.05) is 13.0 Å². The van der Waals surface area contributed by atoms with Crippen LogP contribution in [0.15, 0.2) is 46.3 Å². The number of ether oxygens (including phenoxy) is 1. The van der Waals surface area contributed by atoms with E-state index >= 15 is 0 Å². The Morgan fingerprint density at radius 1 is 1.41 bits per heavy atom. The minimum absolute atomic E-state index is 0.162. The SMILES string of the molecule is CCn1c(=O)c(-c2ccc(/C(N)=C/C=NC)cc2Cl)cc2cnc(N[C@@H]3CCOC3)nc21. The van der Waals surface area contributed by atoms with Crippen molar-refractivity contribution in [1.82, 2.24) is 14.5 Å². The predicted molar refractivity (Wildman–Crippen MR) is 129 cm³/mol. The molecular formula is C23H25ClN6O2. The number of aromatic nitrogens is 3. The first-order chi connectivity index (χ1) is 15.5. The number of nitrogens with one attached hydrogen (secondary N) is 1. The van der Waals surface area contributed by atoms with Crippen LogP contribution in [0.25, 0.3) is 27.9 Å². The molecule has 32 heavy (non-hydrogen) atoms. The van der Waals surface area contributed by atoms with E-state index in [0.717, 1.165) is 24.0 Å². The number of fused-ring (bicyclic) bond motifs is 1. The molecule has 1 saturated heterocycles. The first kappa shape index (κ1) is 22.0. The van der Waals surface area contributed by atoms with E-state index in [-0.39, 0.29) is 11.6 Å². The van der Waals surface area contributed by atoms with Crippen LogP contribution < -0.4 is 16.6 Å². The molecule has 0 saturated carbocycles. The Labute approximate surface area is 190 Å². The molecule has 3 heterocycles. The van der Waals surface area contributed by atoms with Crippen LogP contribution in [-0.4, -0.2) is 47.1 Å². The number of aryl methyl sites for hydroxylation is 1. The number of rotatable bonds is 6. The predicted octanol–water partition coefficient (Wildman–Crippen LogP) is 3.33. The summed E-state index contributed by atoms with van der Waals surface area (Å²) in [4.78, 5) is 26.3. The van der Waals surface area contributed by atoms with Crippen LogP contribution in [0, 0.1) is 0 Å². The first-order valence-corrected chi connectivity index (χ1v) is 10.8. The zero-order valence-electron chi connectivity index (χ0n) is 18.0. The number of benzene rings is 1. The van der Waals surface area contributed by atoms with Gasteiger partial charge in [-0.05, 0) is 37.1 Å². The van der Waals surface area contributed by atoms with Crippen LogP contribution in [0.1, 0.15) is 18.9 Å². The minimum atomic E-state index is -0.162. The van der Waals surface area contributed by atoms with Gasteiger partial charge in [0.15, 0.2) is 0 Å².